The first-order chi connectivity index (χ1) is 8.83. The second kappa shape index (κ2) is 6.89. The maximum atomic E-state index is 13.8. The first kappa shape index (κ1) is 16.0. The lowest BCUT2D eigenvalue weighted by atomic mass is 9.99. The van der Waals surface area contributed by atoms with Crippen LogP contribution in [-0.2, 0) is 0 Å². The number of alkyl halides is 3. The van der Waals surface area contributed by atoms with Crippen molar-refractivity contribution in [3.63, 3.8) is 0 Å². The summed E-state index contributed by atoms with van der Waals surface area (Å²) < 4.78 is 50.7. The summed E-state index contributed by atoms with van der Waals surface area (Å²) in [6.45, 7) is 4.23. The zero-order valence-corrected chi connectivity index (χ0v) is 11.1. The normalized spacial score (nSPS) is 13.6. The van der Waals surface area contributed by atoms with Crippen LogP contribution >= 0.6 is 0 Å². The Balaban J connectivity index is 2.83. The molecule has 0 radical (unpaired) electrons. The van der Waals surface area contributed by atoms with Crippen LogP contribution in [0.2, 0.25) is 0 Å². The van der Waals surface area contributed by atoms with Crippen molar-refractivity contribution < 1.29 is 17.6 Å². The highest BCUT2D eigenvalue weighted by Crippen LogP contribution is 2.29. The molecule has 0 aliphatic rings. The Kier molecular flexibility index (Phi) is 5.79. The van der Waals surface area contributed by atoms with Crippen molar-refractivity contribution in [2.45, 2.75) is 45.3 Å². The van der Waals surface area contributed by atoms with Gasteiger partial charge in [0.25, 0.3) is 0 Å². The SMILES string of the molecule is CCCNC(CCC(F)(F)F)c1ccc(C)cc1F. The number of benzene rings is 1. The molecule has 1 unspecified atom stereocenters. The molecule has 0 fully saturated rings. The summed E-state index contributed by atoms with van der Waals surface area (Å²) in [5.74, 6) is -0.448. The van der Waals surface area contributed by atoms with Gasteiger partial charge in [0.1, 0.15) is 5.82 Å². The Morgan fingerprint density at radius 3 is 2.47 bits per heavy atom. The Bertz CT molecular complexity index is 401. The maximum absolute atomic E-state index is 13.8. The quantitative estimate of drug-likeness (QED) is 0.754. The molecule has 1 N–H and O–H groups in total. The molecule has 5 heteroatoms. The van der Waals surface area contributed by atoms with Gasteiger partial charge in [0.2, 0.25) is 0 Å². The van der Waals surface area contributed by atoms with Gasteiger partial charge in [-0.25, -0.2) is 4.39 Å². The minimum Gasteiger partial charge on any atom is -0.310 e. The second-order valence-corrected chi connectivity index (χ2v) is 4.69. The first-order valence-corrected chi connectivity index (χ1v) is 6.39. The van der Waals surface area contributed by atoms with Crippen LogP contribution < -0.4 is 5.32 Å². The van der Waals surface area contributed by atoms with E-state index in [9.17, 15) is 17.6 Å². The van der Waals surface area contributed by atoms with Gasteiger partial charge in [0.05, 0.1) is 0 Å². The molecule has 0 amide bonds. The van der Waals surface area contributed by atoms with Crippen molar-refractivity contribution in [3.8, 4) is 0 Å². The monoisotopic (exact) mass is 277 g/mol. The van der Waals surface area contributed by atoms with Gasteiger partial charge in [-0.3, -0.25) is 0 Å². The van der Waals surface area contributed by atoms with E-state index in [2.05, 4.69) is 5.32 Å². The molecule has 0 saturated carbocycles. The summed E-state index contributed by atoms with van der Waals surface area (Å²) in [5.41, 5.74) is 1.06. The zero-order valence-electron chi connectivity index (χ0n) is 11.1. The van der Waals surface area contributed by atoms with Crippen molar-refractivity contribution in [3.05, 3.63) is 35.1 Å². The van der Waals surface area contributed by atoms with Gasteiger partial charge in [0.15, 0.2) is 0 Å². The molecule has 0 heterocycles. The van der Waals surface area contributed by atoms with Crippen molar-refractivity contribution in [1.82, 2.24) is 5.32 Å². The summed E-state index contributed by atoms with van der Waals surface area (Å²) in [5, 5.41) is 2.98. The largest absolute Gasteiger partial charge is 0.389 e. The summed E-state index contributed by atoms with van der Waals surface area (Å²) in [6.07, 6.45) is -4.49. The Hall–Kier alpha value is -1.10. The lowest BCUT2D eigenvalue weighted by Gasteiger charge is -2.20. The van der Waals surface area contributed by atoms with E-state index in [1.165, 1.54) is 6.07 Å². The lowest BCUT2D eigenvalue weighted by molar-refractivity contribution is -0.136. The third kappa shape index (κ3) is 5.59. The third-order valence-electron chi connectivity index (χ3n) is 2.89. The van der Waals surface area contributed by atoms with Crippen molar-refractivity contribution in [2.75, 3.05) is 6.54 Å². The molecule has 0 aliphatic heterocycles. The van der Waals surface area contributed by atoms with Gasteiger partial charge >= 0.3 is 6.18 Å². The molecule has 0 spiro atoms. The van der Waals surface area contributed by atoms with Gasteiger partial charge in [0, 0.05) is 18.0 Å². The predicted molar refractivity (Wildman–Crippen MR) is 67.5 cm³/mol. The number of nitrogens with one attached hydrogen (secondary N) is 1. The maximum Gasteiger partial charge on any atom is 0.389 e. The lowest BCUT2D eigenvalue weighted by Crippen LogP contribution is -2.25. The van der Waals surface area contributed by atoms with E-state index in [0.29, 0.717) is 12.1 Å². The predicted octanol–water partition coefficient (Wildman–Crippen LogP) is 4.52. The molecule has 1 aromatic carbocycles. The van der Waals surface area contributed by atoms with E-state index in [-0.39, 0.29) is 6.42 Å². The fraction of sp³-hybridized carbons (Fsp3) is 0.571. The molecule has 1 atom stereocenters. The average molecular weight is 277 g/mol. The van der Waals surface area contributed by atoms with Crippen molar-refractivity contribution in [1.29, 1.82) is 0 Å². The minimum absolute atomic E-state index is 0.149. The van der Waals surface area contributed by atoms with Crippen molar-refractivity contribution in [2.24, 2.45) is 0 Å². The van der Waals surface area contributed by atoms with Crippen LogP contribution in [0, 0.1) is 12.7 Å². The molecule has 0 aromatic heterocycles. The van der Waals surface area contributed by atoms with E-state index in [0.717, 1.165) is 12.0 Å². The van der Waals surface area contributed by atoms with E-state index in [1.807, 2.05) is 6.92 Å². The van der Waals surface area contributed by atoms with Crippen LogP contribution in [0.25, 0.3) is 0 Å². The molecular formula is C14H19F4N. The zero-order chi connectivity index (χ0) is 14.5. The highest BCUT2D eigenvalue weighted by molar-refractivity contribution is 5.26. The molecule has 108 valence electrons. The molecular weight excluding hydrogens is 258 g/mol. The van der Waals surface area contributed by atoms with E-state index >= 15 is 0 Å². The van der Waals surface area contributed by atoms with E-state index in [4.69, 9.17) is 0 Å². The number of hydrogen-bond acceptors (Lipinski definition) is 1. The van der Waals surface area contributed by atoms with Crippen LogP contribution in [0.1, 0.15) is 43.4 Å². The average Bonchev–Trinajstić information content (AvgIpc) is 2.29. The summed E-state index contributed by atoms with van der Waals surface area (Å²) in [4.78, 5) is 0. The molecule has 1 rings (SSSR count). The third-order valence-corrected chi connectivity index (χ3v) is 2.89. The van der Waals surface area contributed by atoms with Crippen LogP contribution in [0.5, 0.6) is 0 Å². The van der Waals surface area contributed by atoms with Crippen LogP contribution in [0.15, 0.2) is 18.2 Å². The van der Waals surface area contributed by atoms with Gasteiger partial charge in [-0.1, -0.05) is 19.1 Å². The summed E-state index contributed by atoms with van der Waals surface area (Å²) in [6, 6.07) is 4.03. The van der Waals surface area contributed by atoms with Gasteiger partial charge in [-0.05, 0) is 37.9 Å². The smallest absolute Gasteiger partial charge is 0.310 e. The van der Waals surface area contributed by atoms with Crippen LogP contribution in [0.3, 0.4) is 0 Å². The number of rotatable bonds is 6. The number of hydrogen-bond donors (Lipinski definition) is 1. The number of halogens is 4. The molecule has 0 bridgehead atoms. The van der Waals surface area contributed by atoms with Crippen LogP contribution in [-0.4, -0.2) is 12.7 Å². The fourth-order valence-electron chi connectivity index (χ4n) is 1.91. The van der Waals surface area contributed by atoms with Gasteiger partial charge in [-0.2, -0.15) is 13.2 Å². The summed E-state index contributed by atoms with van der Waals surface area (Å²) >= 11 is 0. The Morgan fingerprint density at radius 2 is 1.95 bits per heavy atom. The first-order valence-electron chi connectivity index (χ1n) is 6.39. The van der Waals surface area contributed by atoms with Crippen molar-refractivity contribution >= 4 is 0 Å². The van der Waals surface area contributed by atoms with E-state index in [1.54, 1.807) is 19.1 Å². The van der Waals surface area contributed by atoms with Gasteiger partial charge in [-0.15, -0.1) is 0 Å². The standard InChI is InChI=1S/C14H19F4N/c1-3-8-19-13(6-7-14(16,17)18)11-5-4-10(2)9-12(11)15/h4-5,9,13,19H,3,6-8H2,1-2H3. The Labute approximate surface area is 111 Å². The second-order valence-electron chi connectivity index (χ2n) is 4.69. The molecule has 1 nitrogen and oxygen atoms in total. The molecule has 19 heavy (non-hydrogen) atoms. The minimum atomic E-state index is -4.21. The fourth-order valence-corrected chi connectivity index (χ4v) is 1.91. The highest BCUT2D eigenvalue weighted by atomic mass is 19.4. The Morgan fingerprint density at radius 1 is 1.26 bits per heavy atom. The van der Waals surface area contributed by atoms with E-state index < -0.39 is 24.5 Å². The molecule has 0 saturated heterocycles. The molecule has 0 aliphatic carbocycles. The topological polar surface area (TPSA) is 12.0 Å². The molecule has 1 aromatic rings. The highest BCUT2D eigenvalue weighted by Gasteiger charge is 2.29. The van der Waals surface area contributed by atoms with Gasteiger partial charge < -0.3 is 5.32 Å². The summed E-state index contributed by atoms with van der Waals surface area (Å²) in [7, 11) is 0. The van der Waals surface area contributed by atoms with Crippen LogP contribution in [0.4, 0.5) is 17.6 Å². The number of aryl methyl sites for hydroxylation is 1.